The van der Waals surface area contributed by atoms with Gasteiger partial charge in [-0.1, -0.05) is 0 Å². The highest BCUT2D eigenvalue weighted by Crippen LogP contribution is 2.35. The van der Waals surface area contributed by atoms with Gasteiger partial charge in [0.15, 0.2) is 5.60 Å². The van der Waals surface area contributed by atoms with Crippen LogP contribution in [0.25, 0.3) is 0 Å². The van der Waals surface area contributed by atoms with Crippen molar-refractivity contribution >= 4 is 21.6 Å². The minimum atomic E-state index is -3.66. The molecule has 1 aliphatic heterocycles. The van der Waals surface area contributed by atoms with E-state index in [1.54, 1.807) is 32.4 Å². The standard InChI is InChI=1S/C16H20N4O4S/c1-16(2)15(21)19-13-10-12(4-5-14(13)24-16)25(22,23)18-6-3-8-20-9-7-17-11-20/h4-5,7,9-11,18H,3,6,8H2,1-2H3,(H,19,21). The Morgan fingerprint density at radius 3 is 2.88 bits per heavy atom. The number of carbonyl (C=O) groups excluding carboxylic acids is 1. The largest absolute Gasteiger partial charge is 0.476 e. The van der Waals surface area contributed by atoms with Crippen LogP contribution in [0.5, 0.6) is 5.75 Å². The van der Waals surface area contributed by atoms with E-state index in [-0.39, 0.29) is 10.8 Å². The van der Waals surface area contributed by atoms with Crippen LogP contribution in [-0.2, 0) is 21.4 Å². The maximum Gasteiger partial charge on any atom is 0.268 e. The van der Waals surface area contributed by atoms with Crippen molar-refractivity contribution in [1.82, 2.24) is 14.3 Å². The smallest absolute Gasteiger partial charge is 0.268 e. The molecular weight excluding hydrogens is 344 g/mol. The molecule has 0 saturated carbocycles. The molecule has 0 aliphatic carbocycles. The fourth-order valence-corrected chi connectivity index (χ4v) is 3.53. The number of hydrogen-bond donors (Lipinski definition) is 2. The summed E-state index contributed by atoms with van der Waals surface area (Å²) in [5.74, 6) is 0.131. The number of anilines is 1. The number of hydrogen-bond acceptors (Lipinski definition) is 5. The molecule has 3 rings (SSSR count). The van der Waals surface area contributed by atoms with Crippen molar-refractivity contribution in [3.05, 3.63) is 36.9 Å². The topological polar surface area (TPSA) is 102 Å². The second-order valence-corrected chi connectivity index (χ2v) is 8.04. The molecule has 0 radical (unpaired) electrons. The van der Waals surface area contributed by atoms with Crippen LogP contribution in [0, 0.1) is 0 Å². The zero-order chi connectivity index (χ0) is 18.1. The minimum Gasteiger partial charge on any atom is -0.476 e. The first-order valence-electron chi connectivity index (χ1n) is 7.88. The highest BCUT2D eigenvalue weighted by molar-refractivity contribution is 7.89. The van der Waals surface area contributed by atoms with Crippen LogP contribution in [0.15, 0.2) is 41.8 Å². The van der Waals surface area contributed by atoms with E-state index < -0.39 is 15.6 Å². The van der Waals surface area contributed by atoms with E-state index in [0.717, 1.165) is 0 Å². The van der Waals surface area contributed by atoms with E-state index in [4.69, 9.17) is 4.74 Å². The molecule has 9 heteroatoms. The van der Waals surface area contributed by atoms with Gasteiger partial charge in [-0.05, 0) is 38.5 Å². The van der Waals surface area contributed by atoms with Gasteiger partial charge >= 0.3 is 0 Å². The monoisotopic (exact) mass is 364 g/mol. The third kappa shape index (κ3) is 3.83. The van der Waals surface area contributed by atoms with Crippen LogP contribution in [0.3, 0.4) is 0 Å². The molecule has 1 amide bonds. The minimum absolute atomic E-state index is 0.0810. The summed E-state index contributed by atoms with van der Waals surface area (Å²) < 4.78 is 34.8. The Balaban J connectivity index is 1.66. The van der Waals surface area contributed by atoms with Crippen molar-refractivity contribution in [3.63, 3.8) is 0 Å². The van der Waals surface area contributed by atoms with Crippen LogP contribution in [0.4, 0.5) is 5.69 Å². The lowest BCUT2D eigenvalue weighted by Gasteiger charge is -2.31. The number of aromatic nitrogens is 2. The fraction of sp³-hybridized carbons (Fsp3) is 0.375. The zero-order valence-corrected chi connectivity index (χ0v) is 14.8. The second-order valence-electron chi connectivity index (χ2n) is 6.28. The summed E-state index contributed by atoms with van der Waals surface area (Å²) >= 11 is 0. The quantitative estimate of drug-likeness (QED) is 0.754. The first-order valence-corrected chi connectivity index (χ1v) is 9.36. The molecule has 1 aromatic carbocycles. The molecule has 0 unspecified atom stereocenters. The molecule has 0 fully saturated rings. The number of carbonyl (C=O) groups is 1. The summed E-state index contributed by atoms with van der Waals surface area (Å²) in [4.78, 5) is 16.0. The Labute approximate surface area is 146 Å². The number of benzene rings is 1. The second kappa shape index (κ2) is 6.49. The first kappa shape index (κ1) is 17.4. The van der Waals surface area contributed by atoms with Crippen molar-refractivity contribution < 1.29 is 17.9 Å². The number of ether oxygens (including phenoxy) is 1. The summed E-state index contributed by atoms with van der Waals surface area (Å²) in [6.45, 7) is 4.27. The SMILES string of the molecule is CC1(C)Oc2ccc(S(=O)(=O)NCCCn3ccnc3)cc2NC1=O. The average molecular weight is 364 g/mol. The first-order chi connectivity index (χ1) is 11.8. The van der Waals surface area contributed by atoms with Crippen LogP contribution >= 0.6 is 0 Å². The lowest BCUT2D eigenvalue weighted by atomic mass is 10.1. The van der Waals surface area contributed by atoms with Crippen LogP contribution in [0.1, 0.15) is 20.3 Å². The zero-order valence-electron chi connectivity index (χ0n) is 14.0. The third-order valence-electron chi connectivity index (χ3n) is 3.87. The van der Waals surface area contributed by atoms with Gasteiger partial charge in [0.05, 0.1) is 16.9 Å². The summed E-state index contributed by atoms with van der Waals surface area (Å²) in [5.41, 5.74) is -0.635. The number of fused-ring (bicyclic) bond motifs is 1. The molecule has 0 bridgehead atoms. The van der Waals surface area contributed by atoms with Crippen molar-refractivity contribution in [3.8, 4) is 5.75 Å². The number of nitrogens with one attached hydrogen (secondary N) is 2. The van der Waals surface area contributed by atoms with Gasteiger partial charge in [0.2, 0.25) is 10.0 Å². The molecule has 2 aromatic rings. The number of rotatable bonds is 6. The number of nitrogens with zero attached hydrogens (tertiary/aromatic N) is 2. The molecule has 25 heavy (non-hydrogen) atoms. The number of sulfonamides is 1. The number of imidazole rings is 1. The average Bonchev–Trinajstić information content (AvgIpc) is 3.05. The van der Waals surface area contributed by atoms with Gasteiger partial charge in [-0.15, -0.1) is 0 Å². The summed E-state index contributed by atoms with van der Waals surface area (Å²) in [7, 11) is -3.66. The Bertz CT molecular complexity index is 876. The summed E-state index contributed by atoms with van der Waals surface area (Å²) in [6, 6.07) is 4.42. The Hall–Kier alpha value is -2.39. The van der Waals surface area contributed by atoms with E-state index in [9.17, 15) is 13.2 Å². The molecule has 0 spiro atoms. The van der Waals surface area contributed by atoms with Gasteiger partial charge in [-0.3, -0.25) is 4.79 Å². The molecule has 1 aliphatic rings. The van der Waals surface area contributed by atoms with Crippen LogP contribution in [-0.4, -0.2) is 36.0 Å². The molecule has 0 saturated heterocycles. The summed E-state index contributed by atoms with van der Waals surface area (Å²) in [5, 5.41) is 2.68. The molecule has 1 aromatic heterocycles. The van der Waals surface area contributed by atoms with Gasteiger partial charge in [0.25, 0.3) is 5.91 Å². The predicted molar refractivity (Wildman–Crippen MR) is 91.8 cm³/mol. The number of amides is 1. The normalized spacial score (nSPS) is 16.0. The third-order valence-corrected chi connectivity index (χ3v) is 5.32. The fourth-order valence-electron chi connectivity index (χ4n) is 2.43. The Morgan fingerprint density at radius 1 is 1.36 bits per heavy atom. The van der Waals surface area contributed by atoms with Crippen LogP contribution in [0.2, 0.25) is 0 Å². The van der Waals surface area contributed by atoms with Gasteiger partial charge < -0.3 is 14.6 Å². The van der Waals surface area contributed by atoms with E-state index in [2.05, 4.69) is 15.0 Å². The van der Waals surface area contributed by atoms with Gasteiger partial charge in [0.1, 0.15) is 5.75 Å². The highest BCUT2D eigenvalue weighted by atomic mass is 32.2. The molecule has 8 nitrogen and oxygen atoms in total. The van der Waals surface area contributed by atoms with Crippen molar-refractivity contribution in [1.29, 1.82) is 0 Å². The molecule has 2 N–H and O–H groups in total. The van der Waals surface area contributed by atoms with E-state index in [0.29, 0.717) is 30.9 Å². The Morgan fingerprint density at radius 2 is 2.16 bits per heavy atom. The maximum atomic E-state index is 12.4. The highest BCUT2D eigenvalue weighted by Gasteiger charge is 2.35. The van der Waals surface area contributed by atoms with Crippen molar-refractivity contribution in [2.24, 2.45) is 0 Å². The molecule has 2 heterocycles. The van der Waals surface area contributed by atoms with Gasteiger partial charge in [-0.2, -0.15) is 0 Å². The Kier molecular flexibility index (Phi) is 4.53. The molecular formula is C16H20N4O4S. The van der Waals surface area contributed by atoms with Gasteiger partial charge in [0, 0.05) is 25.5 Å². The summed E-state index contributed by atoms with van der Waals surface area (Å²) in [6.07, 6.45) is 5.81. The lowest BCUT2D eigenvalue weighted by Crippen LogP contribution is -2.45. The molecule has 134 valence electrons. The van der Waals surface area contributed by atoms with Gasteiger partial charge in [-0.25, -0.2) is 18.1 Å². The lowest BCUT2D eigenvalue weighted by molar-refractivity contribution is -0.129. The molecule has 0 atom stereocenters. The number of aryl methyl sites for hydroxylation is 1. The van der Waals surface area contributed by atoms with E-state index in [1.807, 2.05) is 10.8 Å². The van der Waals surface area contributed by atoms with Crippen molar-refractivity contribution in [2.45, 2.75) is 37.3 Å². The maximum absolute atomic E-state index is 12.4. The van der Waals surface area contributed by atoms with Crippen molar-refractivity contribution in [2.75, 3.05) is 11.9 Å². The predicted octanol–water partition coefficient (Wildman–Crippen LogP) is 1.36. The van der Waals surface area contributed by atoms with E-state index in [1.165, 1.54) is 12.1 Å². The van der Waals surface area contributed by atoms with E-state index >= 15 is 0 Å². The van der Waals surface area contributed by atoms with Crippen LogP contribution < -0.4 is 14.8 Å².